The summed E-state index contributed by atoms with van der Waals surface area (Å²) >= 11 is 0. The maximum absolute atomic E-state index is 13.5. The minimum atomic E-state index is -0.736. The van der Waals surface area contributed by atoms with E-state index >= 15 is 0 Å². The second-order valence-electron chi connectivity index (χ2n) is 10.1. The van der Waals surface area contributed by atoms with Crippen LogP contribution in [0.1, 0.15) is 85.9 Å². The van der Waals surface area contributed by atoms with Crippen LogP contribution < -0.4 is 0 Å². The number of esters is 1. The monoisotopic (exact) mass is 465 g/mol. The zero-order chi connectivity index (χ0) is 25.1. The van der Waals surface area contributed by atoms with Crippen molar-refractivity contribution in [2.45, 2.75) is 79.6 Å². The minimum Gasteiger partial charge on any atom is -0.507 e. The summed E-state index contributed by atoms with van der Waals surface area (Å²) in [5.74, 6) is -1.22. The van der Waals surface area contributed by atoms with Gasteiger partial charge in [0.2, 0.25) is 0 Å². The van der Waals surface area contributed by atoms with Gasteiger partial charge in [0.25, 0.3) is 5.91 Å². The number of carbonyl (C=O) groups excluding carboxylic acids is 2. The highest BCUT2D eigenvalue weighted by atomic mass is 16.7. The molecule has 8 heteroatoms. The van der Waals surface area contributed by atoms with E-state index in [0.29, 0.717) is 48.3 Å². The molecule has 1 aromatic carbocycles. The summed E-state index contributed by atoms with van der Waals surface area (Å²) in [5, 5.41) is 12.3. The zero-order valence-corrected chi connectivity index (χ0v) is 21.5. The number of phenolic OH excluding ortho intramolecular Hbond substituents is 1. The van der Waals surface area contributed by atoms with Gasteiger partial charge in [0.05, 0.1) is 18.2 Å². The maximum atomic E-state index is 13.5. The van der Waals surface area contributed by atoms with E-state index in [1.54, 1.807) is 20.8 Å². The zero-order valence-electron chi connectivity index (χ0n) is 21.5. The van der Waals surface area contributed by atoms with Crippen molar-refractivity contribution in [1.29, 1.82) is 0 Å². The Bertz CT molecular complexity index is 880. The van der Waals surface area contributed by atoms with Gasteiger partial charge in [-0.1, -0.05) is 13.8 Å². The average Bonchev–Trinajstić information content (AvgIpc) is 3.01. The van der Waals surface area contributed by atoms with Crippen LogP contribution in [-0.2, 0) is 38.3 Å². The Morgan fingerprint density at radius 3 is 2.09 bits per heavy atom. The minimum absolute atomic E-state index is 0.0149. The predicted molar refractivity (Wildman–Crippen MR) is 124 cm³/mol. The van der Waals surface area contributed by atoms with Crippen LogP contribution in [0.4, 0.5) is 0 Å². The molecule has 0 heterocycles. The molecule has 0 aromatic heterocycles. The molecule has 0 radical (unpaired) electrons. The van der Waals surface area contributed by atoms with Crippen LogP contribution in [0.2, 0.25) is 0 Å². The standard InChI is InChI=1S/C25H39NO7/c1-10-31-18(32-11-2)12-15-19(23(29)33-24(3,4)5)16-13-25(6,7)14-17(16)21(27)20(15)22(28)26(8)30-9/h18,27H,10-14H2,1-9H3. The Labute approximate surface area is 197 Å². The molecular weight excluding hydrogens is 426 g/mol. The van der Waals surface area contributed by atoms with E-state index in [1.807, 2.05) is 13.8 Å². The van der Waals surface area contributed by atoms with Gasteiger partial charge in [0.15, 0.2) is 6.29 Å². The van der Waals surface area contributed by atoms with Gasteiger partial charge in [-0.05, 0) is 69.6 Å². The fraction of sp³-hybridized carbons (Fsp3) is 0.680. The fourth-order valence-electron chi connectivity index (χ4n) is 4.25. The van der Waals surface area contributed by atoms with E-state index in [9.17, 15) is 14.7 Å². The summed E-state index contributed by atoms with van der Waals surface area (Å²) in [6, 6.07) is 0. The fourth-order valence-corrected chi connectivity index (χ4v) is 4.25. The Kier molecular flexibility index (Phi) is 8.54. The number of hydrogen-bond acceptors (Lipinski definition) is 7. The summed E-state index contributed by atoms with van der Waals surface area (Å²) in [7, 11) is 2.82. The van der Waals surface area contributed by atoms with Crippen LogP contribution in [-0.4, -0.2) is 61.3 Å². The van der Waals surface area contributed by atoms with Crippen molar-refractivity contribution in [3.05, 3.63) is 27.8 Å². The number of fused-ring (bicyclic) bond motifs is 1. The number of rotatable bonds is 9. The van der Waals surface area contributed by atoms with Crippen molar-refractivity contribution in [3.8, 4) is 5.75 Å². The molecule has 0 bridgehead atoms. The third-order valence-electron chi connectivity index (χ3n) is 5.56. The molecule has 186 valence electrons. The van der Waals surface area contributed by atoms with E-state index in [1.165, 1.54) is 14.2 Å². The molecule has 0 atom stereocenters. The number of hydrogen-bond donors (Lipinski definition) is 1. The van der Waals surface area contributed by atoms with Crippen LogP contribution in [0, 0.1) is 5.41 Å². The Balaban J connectivity index is 2.86. The molecule has 0 saturated carbocycles. The number of ether oxygens (including phenoxy) is 3. The molecule has 0 spiro atoms. The quantitative estimate of drug-likeness (QED) is 0.334. The number of amides is 1. The van der Waals surface area contributed by atoms with Gasteiger partial charge in [0.1, 0.15) is 11.4 Å². The van der Waals surface area contributed by atoms with Crippen molar-refractivity contribution in [2.24, 2.45) is 5.41 Å². The van der Waals surface area contributed by atoms with Crippen LogP contribution in [0.25, 0.3) is 0 Å². The van der Waals surface area contributed by atoms with E-state index in [4.69, 9.17) is 19.0 Å². The van der Waals surface area contributed by atoms with Gasteiger partial charge in [0, 0.05) is 26.7 Å². The van der Waals surface area contributed by atoms with Crippen molar-refractivity contribution in [2.75, 3.05) is 27.4 Å². The SMILES string of the molecule is CCOC(Cc1c(C(=O)N(C)OC)c(O)c2c(c1C(=O)OC(C)(C)C)CC(C)(C)C2)OCC. The van der Waals surface area contributed by atoms with Crippen LogP contribution in [0.3, 0.4) is 0 Å². The third kappa shape index (κ3) is 6.25. The molecule has 0 aliphatic heterocycles. The second-order valence-corrected chi connectivity index (χ2v) is 10.1. The van der Waals surface area contributed by atoms with Gasteiger partial charge < -0.3 is 19.3 Å². The number of nitrogens with zero attached hydrogens (tertiary/aromatic N) is 1. The molecule has 0 unspecified atom stereocenters. The lowest BCUT2D eigenvalue weighted by Crippen LogP contribution is -2.31. The average molecular weight is 466 g/mol. The molecule has 0 saturated heterocycles. The number of benzene rings is 1. The maximum Gasteiger partial charge on any atom is 0.339 e. The Morgan fingerprint density at radius 1 is 1.06 bits per heavy atom. The van der Waals surface area contributed by atoms with Gasteiger partial charge in [-0.3, -0.25) is 9.63 Å². The van der Waals surface area contributed by atoms with E-state index < -0.39 is 23.8 Å². The summed E-state index contributed by atoms with van der Waals surface area (Å²) in [5.41, 5.74) is 1.05. The first-order valence-corrected chi connectivity index (χ1v) is 11.4. The first-order chi connectivity index (χ1) is 15.3. The van der Waals surface area contributed by atoms with Crippen LogP contribution >= 0.6 is 0 Å². The number of carbonyl (C=O) groups is 2. The van der Waals surface area contributed by atoms with Gasteiger partial charge in [-0.25, -0.2) is 9.86 Å². The molecule has 1 amide bonds. The Morgan fingerprint density at radius 2 is 1.61 bits per heavy atom. The number of phenols is 1. The lowest BCUT2D eigenvalue weighted by molar-refractivity contribution is -0.134. The molecule has 0 fully saturated rings. The molecule has 1 aliphatic carbocycles. The topological polar surface area (TPSA) is 94.5 Å². The molecule has 8 nitrogen and oxygen atoms in total. The molecule has 1 N–H and O–H groups in total. The van der Waals surface area contributed by atoms with Crippen molar-refractivity contribution >= 4 is 11.9 Å². The first-order valence-electron chi connectivity index (χ1n) is 11.4. The summed E-state index contributed by atoms with van der Waals surface area (Å²) in [6.07, 6.45) is 0.491. The third-order valence-corrected chi connectivity index (χ3v) is 5.56. The Hall–Kier alpha value is -2.16. The van der Waals surface area contributed by atoms with Crippen molar-refractivity contribution in [1.82, 2.24) is 5.06 Å². The van der Waals surface area contributed by atoms with Gasteiger partial charge >= 0.3 is 5.97 Å². The highest BCUT2D eigenvalue weighted by Gasteiger charge is 2.40. The van der Waals surface area contributed by atoms with Crippen molar-refractivity contribution in [3.63, 3.8) is 0 Å². The van der Waals surface area contributed by atoms with Gasteiger partial charge in [-0.15, -0.1) is 0 Å². The summed E-state index contributed by atoms with van der Waals surface area (Å²) in [6.45, 7) is 14.0. The van der Waals surface area contributed by atoms with E-state index in [0.717, 1.165) is 5.06 Å². The number of hydroxylamine groups is 2. The second kappa shape index (κ2) is 10.4. The normalized spacial score (nSPS) is 15.0. The first kappa shape index (κ1) is 27.1. The molecular formula is C25H39NO7. The van der Waals surface area contributed by atoms with E-state index in [-0.39, 0.29) is 23.1 Å². The molecule has 1 aliphatic rings. The van der Waals surface area contributed by atoms with Crippen LogP contribution in [0.15, 0.2) is 0 Å². The highest BCUT2D eigenvalue weighted by Crippen LogP contribution is 2.46. The van der Waals surface area contributed by atoms with Gasteiger partial charge in [-0.2, -0.15) is 0 Å². The largest absolute Gasteiger partial charge is 0.507 e. The highest BCUT2D eigenvalue weighted by molar-refractivity contribution is 6.04. The van der Waals surface area contributed by atoms with Crippen molar-refractivity contribution < 1.29 is 33.7 Å². The van der Waals surface area contributed by atoms with Crippen LogP contribution in [0.5, 0.6) is 5.75 Å². The lowest BCUT2D eigenvalue weighted by Gasteiger charge is -2.27. The smallest absolute Gasteiger partial charge is 0.339 e. The lowest BCUT2D eigenvalue weighted by atomic mass is 9.88. The molecule has 1 aromatic rings. The summed E-state index contributed by atoms with van der Waals surface area (Å²) in [4.78, 5) is 32.0. The molecule has 33 heavy (non-hydrogen) atoms. The predicted octanol–water partition coefficient (Wildman–Crippen LogP) is 4.05. The number of aromatic hydroxyl groups is 1. The van der Waals surface area contributed by atoms with E-state index in [2.05, 4.69) is 13.8 Å². The summed E-state index contributed by atoms with van der Waals surface area (Å²) < 4.78 is 17.2. The molecule has 2 rings (SSSR count).